The summed E-state index contributed by atoms with van der Waals surface area (Å²) >= 11 is 5.88. The molecule has 2 aromatic rings. The van der Waals surface area contributed by atoms with Crippen molar-refractivity contribution in [1.82, 2.24) is 14.7 Å². The van der Waals surface area contributed by atoms with Crippen LogP contribution in [0.2, 0.25) is 5.02 Å². The molecule has 2 atom stereocenters. The van der Waals surface area contributed by atoms with Crippen molar-refractivity contribution in [3.63, 3.8) is 0 Å². The molecule has 0 spiro atoms. The lowest BCUT2D eigenvalue weighted by Gasteiger charge is -2.36. The zero-order valence-electron chi connectivity index (χ0n) is 12.6. The molecule has 2 heterocycles. The second-order valence-corrected chi connectivity index (χ2v) is 6.04. The van der Waals surface area contributed by atoms with E-state index in [-0.39, 0.29) is 18.1 Å². The molecular formula is C16H18ClN3O2. The van der Waals surface area contributed by atoms with Gasteiger partial charge in [-0.2, -0.15) is 5.10 Å². The lowest BCUT2D eigenvalue weighted by atomic mass is 10.1. The van der Waals surface area contributed by atoms with Gasteiger partial charge >= 0.3 is 0 Å². The number of aromatic nitrogens is 2. The quantitative estimate of drug-likeness (QED) is 0.855. The van der Waals surface area contributed by atoms with Crippen LogP contribution in [-0.2, 0) is 4.74 Å². The Balaban J connectivity index is 1.81. The number of nitrogens with zero attached hydrogens (tertiary/aromatic N) is 3. The number of rotatable bonds is 2. The smallest absolute Gasteiger partial charge is 0.257 e. The number of benzene rings is 1. The van der Waals surface area contributed by atoms with Gasteiger partial charge in [-0.15, -0.1) is 0 Å². The Morgan fingerprint density at radius 1 is 1.32 bits per heavy atom. The van der Waals surface area contributed by atoms with E-state index in [4.69, 9.17) is 16.3 Å². The van der Waals surface area contributed by atoms with Gasteiger partial charge in [-0.05, 0) is 38.1 Å². The fourth-order valence-electron chi connectivity index (χ4n) is 2.52. The summed E-state index contributed by atoms with van der Waals surface area (Å²) in [6.45, 7) is 5.14. The summed E-state index contributed by atoms with van der Waals surface area (Å²) in [6, 6.07) is 7.39. The van der Waals surface area contributed by atoms with Gasteiger partial charge in [0, 0.05) is 17.8 Å². The molecule has 2 unspecified atom stereocenters. The maximum absolute atomic E-state index is 12.7. The van der Waals surface area contributed by atoms with Crippen LogP contribution in [-0.4, -0.2) is 45.9 Å². The molecule has 3 rings (SSSR count). The monoisotopic (exact) mass is 319 g/mol. The number of carbonyl (C=O) groups excluding carboxylic acids is 1. The fraction of sp³-hybridized carbons (Fsp3) is 0.375. The normalized spacial score (nSPS) is 21.9. The summed E-state index contributed by atoms with van der Waals surface area (Å²) in [5, 5.41) is 4.94. The molecule has 116 valence electrons. The van der Waals surface area contributed by atoms with Crippen molar-refractivity contribution in [2.75, 3.05) is 13.2 Å². The van der Waals surface area contributed by atoms with Crippen LogP contribution in [0.5, 0.6) is 0 Å². The molecule has 0 aliphatic carbocycles. The molecule has 1 aliphatic heterocycles. The average molecular weight is 320 g/mol. The third kappa shape index (κ3) is 3.00. The van der Waals surface area contributed by atoms with Crippen molar-refractivity contribution < 1.29 is 9.53 Å². The van der Waals surface area contributed by atoms with Crippen LogP contribution in [0.3, 0.4) is 0 Å². The van der Waals surface area contributed by atoms with Gasteiger partial charge in [-0.25, -0.2) is 4.68 Å². The first-order chi connectivity index (χ1) is 10.5. The molecule has 1 fully saturated rings. The van der Waals surface area contributed by atoms with Gasteiger partial charge < -0.3 is 9.64 Å². The van der Waals surface area contributed by atoms with E-state index >= 15 is 0 Å². The number of hydrogen-bond donors (Lipinski definition) is 0. The van der Waals surface area contributed by atoms with E-state index in [1.54, 1.807) is 29.2 Å². The van der Waals surface area contributed by atoms with E-state index in [1.165, 1.54) is 0 Å². The first-order valence-corrected chi connectivity index (χ1v) is 7.65. The summed E-state index contributed by atoms with van der Waals surface area (Å²) in [6.07, 6.45) is 3.41. The number of halogens is 1. The first kappa shape index (κ1) is 15.1. The Hall–Kier alpha value is -1.85. The van der Waals surface area contributed by atoms with Crippen LogP contribution in [0, 0.1) is 0 Å². The highest BCUT2D eigenvalue weighted by molar-refractivity contribution is 6.30. The van der Waals surface area contributed by atoms with E-state index in [0.717, 1.165) is 5.69 Å². The maximum atomic E-state index is 12.7. The van der Waals surface area contributed by atoms with E-state index in [0.29, 0.717) is 23.7 Å². The predicted molar refractivity (Wildman–Crippen MR) is 84.5 cm³/mol. The number of ether oxygens (including phenoxy) is 1. The van der Waals surface area contributed by atoms with Crippen molar-refractivity contribution in [3.05, 3.63) is 47.2 Å². The molecule has 22 heavy (non-hydrogen) atoms. The maximum Gasteiger partial charge on any atom is 0.257 e. The largest absolute Gasteiger partial charge is 0.375 e. The highest BCUT2D eigenvalue weighted by Crippen LogP contribution is 2.17. The minimum Gasteiger partial charge on any atom is -0.375 e. The van der Waals surface area contributed by atoms with E-state index in [2.05, 4.69) is 5.10 Å². The third-order valence-electron chi connectivity index (χ3n) is 3.79. The fourth-order valence-corrected chi connectivity index (χ4v) is 2.65. The first-order valence-electron chi connectivity index (χ1n) is 7.28. The molecule has 1 aromatic carbocycles. The van der Waals surface area contributed by atoms with Gasteiger partial charge in [0.15, 0.2) is 0 Å². The van der Waals surface area contributed by atoms with Crippen LogP contribution in [0.1, 0.15) is 24.2 Å². The summed E-state index contributed by atoms with van der Waals surface area (Å²) < 4.78 is 7.24. The minimum atomic E-state index is -0.0112. The van der Waals surface area contributed by atoms with Crippen molar-refractivity contribution in [1.29, 1.82) is 0 Å². The van der Waals surface area contributed by atoms with Crippen LogP contribution >= 0.6 is 11.6 Å². The third-order valence-corrected chi connectivity index (χ3v) is 4.04. The van der Waals surface area contributed by atoms with Gasteiger partial charge in [0.05, 0.1) is 36.2 Å². The molecule has 0 radical (unpaired) electrons. The predicted octanol–water partition coefficient (Wildman–Crippen LogP) is 2.78. The second-order valence-electron chi connectivity index (χ2n) is 5.60. The molecule has 0 saturated carbocycles. The van der Waals surface area contributed by atoms with Gasteiger partial charge in [-0.1, -0.05) is 11.6 Å². The molecule has 0 N–H and O–H groups in total. The van der Waals surface area contributed by atoms with Crippen LogP contribution in [0.4, 0.5) is 0 Å². The standard InChI is InChI=1S/C16H18ClN3O2/c1-11-10-22-12(2)8-19(11)16(21)13-7-18-20(9-13)15-5-3-14(17)4-6-15/h3-7,9,11-12H,8,10H2,1-2H3. The van der Waals surface area contributed by atoms with Gasteiger partial charge in [0.2, 0.25) is 0 Å². The van der Waals surface area contributed by atoms with Crippen LogP contribution in [0.15, 0.2) is 36.7 Å². The zero-order chi connectivity index (χ0) is 15.7. The molecule has 0 bridgehead atoms. The van der Waals surface area contributed by atoms with E-state index < -0.39 is 0 Å². The van der Waals surface area contributed by atoms with Gasteiger partial charge in [0.25, 0.3) is 5.91 Å². The molecule has 1 saturated heterocycles. The Labute approximate surface area is 134 Å². The Bertz CT molecular complexity index is 668. The van der Waals surface area contributed by atoms with Crippen molar-refractivity contribution in [3.8, 4) is 5.69 Å². The number of morpholine rings is 1. The molecule has 1 aliphatic rings. The number of hydrogen-bond acceptors (Lipinski definition) is 3. The zero-order valence-corrected chi connectivity index (χ0v) is 13.3. The molecule has 1 amide bonds. The summed E-state index contributed by atoms with van der Waals surface area (Å²) in [5.74, 6) is -0.0112. The van der Waals surface area contributed by atoms with E-state index in [9.17, 15) is 4.79 Å². The second kappa shape index (κ2) is 6.10. The van der Waals surface area contributed by atoms with Crippen molar-refractivity contribution >= 4 is 17.5 Å². The highest BCUT2D eigenvalue weighted by Gasteiger charge is 2.28. The Morgan fingerprint density at radius 3 is 2.77 bits per heavy atom. The van der Waals surface area contributed by atoms with Gasteiger partial charge in [0.1, 0.15) is 0 Å². The molecular weight excluding hydrogens is 302 g/mol. The highest BCUT2D eigenvalue weighted by atomic mass is 35.5. The Kier molecular flexibility index (Phi) is 4.18. The summed E-state index contributed by atoms with van der Waals surface area (Å²) in [5.41, 5.74) is 1.45. The van der Waals surface area contributed by atoms with Crippen molar-refractivity contribution in [2.24, 2.45) is 0 Å². The summed E-state index contributed by atoms with van der Waals surface area (Å²) in [7, 11) is 0. The lowest BCUT2D eigenvalue weighted by Crippen LogP contribution is -2.50. The van der Waals surface area contributed by atoms with Gasteiger partial charge in [-0.3, -0.25) is 4.79 Å². The molecule has 5 nitrogen and oxygen atoms in total. The molecule has 6 heteroatoms. The summed E-state index contributed by atoms with van der Waals surface area (Å²) in [4.78, 5) is 14.5. The van der Waals surface area contributed by atoms with E-state index in [1.807, 2.05) is 30.9 Å². The van der Waals surface area contributed by atoms with Crippen LogP contribution < -0.4 is 0 Å². The molecule has 1 aromatic heterocycles. The number of amides is 1. The minimum absolute atomic E-state index is 0.0112. The van der Waals surface area contributed by atoms with Crippen LogP contribution in [0.25, 0.3) is 5.69 Å². The topological polar surface area (TPSA) is 47.4 Å². The number of carbonyl (C=O) groups is 1. The lowest BCUT2D eigenvalue weighted by molar-refractivity contribution is -0.0387. The average Bonchev–Trinajstić information content (AvgIpc) is 2.99. The van der Waals surface area contributed by atoms with Crippen molar-refractivity contribution in [2.45, 2.75) is 26.0 Å². The Morgan fingerprint density at radius 2 is 2.05 bits per heavy atom. The SMILES string of the molecule is CC1CN(C(=O)c2cnn(-c3ccc(Cl)cc3)c2)C(C)CO1.